The van der Waals surface area contributed by atoms with E-state index in [2.05, 4.69) is 9.97 Å². The first-order valence-corrected chi connectivity index (χ1v) is 4.71. The largest absolute Gasteiger partial charge is 0.381 e. The predicted octanol–water partition coefficient (Wildman–Crippen LogP) is 1.32. The quantitative estimate of drug-likeness (QED) is 0.767. The first-order chi connectivity index (χ1) is 8.11. The number of nitriles is 1. The van der Waals surface area contributed by atoms with E-state index in [4.69, 9.17) is 16.7 Å². The van der Waals surface area contributed by atoms with Gasteiger partial charge in [-0.05, 0) is 12.1 Å². The van der Waals surface area contributed by atoms with Crippen LogP contribution in [0.3, 0.4) is 0 Å². The van der Waals surface area contributed by atoms with Crippen LogP contribution < -0.4 is 11.5 Å². The maximum Gasteiger partial charge on any atom is 0.222 e. The van der Waals surface area contributed by atoms with Gasteiger partial charge in [0.25, 0.3) is 0 Å². The first-order valence-electron chi connectivity index (χ1n) is 4.71. The normalized spacial score (nSPS) is 9.88. The van der Waals surface area contributed by atoms with E-state index in [0.717, 1.165) is 0 Å². The molecule has 0 atom stereocenters. The lowest BCUT2D eigenvalue weighted by atomic mass is 10.1. The van der Waals surface area contributed by atoms with Crippen molar-refractivity contribution in [3.8, 4) is 17.3 Å². The monoisotopic (exact) mass is 229 g/mol. The molecule has 5 nitrogen and oxygen atoms in total. The zero-order valence-corrected chi connectivity index (χ0v) is 8.68. The summed E-state index contributed by atoms with van der Waals surface area (Å²) in [5, 5.41) is 8.76. The van der Waals surface area contributed by atoms with Crippen molar-refractivity contribution in [2.45, 2.75) is 0 Å². The van der Waals surface area contributed by atoms with E-state index >= 15 is 0 Å². The van der Waals surface area contributed by atoms with Crippen molar-refractivity contribution in [2.75, 3.05) is 11.5 Å². The van der Waals surface area contributed by atoms with Gasteiger partial charge in [0.1, 0.15) is 5.69 Å². The van der Waals surface area contributed by atoms with Gasteiger partial charge in [-0.15, -0.1) is 0 Å². The van der Waals surface area contributed by atoms with Crippen molar-refractivity contribution in [3.05, 3.63) is 35.6 Å². The fraction of sp³-hybridized carbons (Fsp3) is 0. The second-order valence-corrected chi connectivity index (χ2v) is 3.32. The molecule has 0 unspecified atom stereocenters. The molecule has 0 saturated carbocycles. The minimum absolute atomic E-state index is 0.00731. The molecule has 17 heavy (non-hydrogen) atoms. The lowest BCUT2D eigenvalue weighted by Gasteiger charge is -2.05. The SMILES string of the molecule is N#Cc1cccc(-c2nc(N)nc(N)c2F)c1. The smallest absolute Gasteiger partial charge is 0.222 e. The standard InChI is InChI=1S/C11H8FN5/c12-8-9(16-11(15)17-10(8)14)7-3-1-2-6(4-7)5-13/h1-4H,(H4,14,15,16,17). The lowest BCUT2D eigenvalue weighted by Crippen LogP contribution is -2.05. The van der Waals surface area contributed by atoms with Gasteiger partial charge in [0, 0.05) is 5.56 Å². The van der Waals surface area contributed by atoms with Crippen LogP contribution >= 0.6 is 0 Å². The molecule has 0 amide bonds. The van der Waals surface area contributed by atoms with E-state index in [-0.39, 0.29) is 17.5 Å². The third-order valence-electron chi connectivity index (χ3n) is 2.16. The van der Waals surface area contributed by atoms with Crippen LogP contribution in [0.4, 0.5) is 16.2 Å². The molecule has 6 heteroatoms. The number of nitrogens with two attached hydrogens (primary N) is 2. The van der Waals surface area contributed by atoms with Crippen LogP contribution in [-0.2, 0) is 0 Å². The second kappa shape index (κ2) is 4.06. The van der Waals surface area contributed by atoms with Crippen LogP contribution in [0.5, 0.6) is 0 Å². The van der Waals surface area contributed by atoms with E-state index in [1.165, 1.54) is 6.07 Å². The second-order valence-electron chi connectivity index (χ2n) is 3.32. The van der Waals surface area contributed by atoms with Gasteiger partial charge in [0.2, 0.25) is 5.95 Å². The molecule has 0 fully saturated rings. The number of hydrogen-bond donors (Lipinski definition) is 2. The van der Waals surface area contributed by atoms with Crippen molar-refractivity contribution >= 4 is 11.8 Å². The van der Waals surface area contributed by atoms with Crippen molar-refractivity contribution in [2.24, 2.45) is 0 Å². The Bertz CT molecular complexity index is 618. The van der Waals surface area contributed by atoms with Crippen LogP contribution in [0.1, 0.15) is 5.56 Å². The van der Waals surface area contributed by atoms with Gasteiger partial charge in [-0.3, -0.25) is 0 Å². The van der Waals surface area contributed by atoms with E-state index in [1.807, 2.05) is 6.07 Å². The van der Waals surface area contributed by atoms with Crippen molar-refractivity contribution < 1.29 is 4.39 Å². The summed E-state index contributed by atoms with van der Waals surface area (Å²) in [6.07, 6.45) is 0. The summed E-state index contributed by atoms with van der Waals surface area (Å²) in [5.74, 6) is -1.16. The Morgan fingerprint density at radius 2 is 2.00 bits per heavy atom. The Morgan fingerprint density at radius 1 is 1.24 bits per heavy atom. The third-order valence-corrected chi connectivity index (χ3v) is 2.16. The number of aromatic nitrogens is 2. The maximum atomic E-state index is 13.7. The summed E-state index contributed by atoms with van der Waals surface area (Å²) >= 11 is 0. The molecule has 0 bridgehead atoms. The first kappa shape index (κ1) is 10.8. The summed E-state index contributed by atoms with van der Waals surface area (Å²) in [6.45, 7) is 0. The molecular formula is C11H8FN5. The van der Waals surface area contributed by atoms with Crippen LogP contribution in [0.25, 0.3) is 11.3 Å². The summed E-state index contributed by atoms with van der Waals surface area (Å²) in [5.41, 5.74) is 11.6. The molecule has 0 spiro atoms. The van der Waals surface area contributed by atoms with Gasteiger partial charge in [0.15, 0.2) is 11.6 Å². The Kier molecular flexibility index (Phi) is 2.58. The highest BCUT2D eigenvalue weighted by atomic mass is 19.1. The minimum atomic E-state index is -0.741. The highest BCUT2D eigenvalue weighted by Gasteiger charge is 2.13. The summed E-state index contributed by atoms with van der Waals surface area (Å²) in [4.78, 5) is 7.29. The number of nitrogen functional groups attached to an aromatic ring is 2. The molecule has 1 aromatic heterocycles. The lowest BCUT2D eigenvalue weighted by molar-refractivity contribution is 0.625. The number of halogens is 1. The predicted molar refractivity (Wildman–Crippen MR) is 61.0 cm³/mol. The summed E-state index contributed by atoms with van der Waals surface area (Å²) in [6, 6.07) is 8.31. The molecule has 0 aliphatic carbocycles. The highest BCUT2D eigenvalue weighted by Crippen LogP contribution is 2.24. The number of benzene rings is 1. The fourth-order valence-corrected chi connectivity index (χ4v) is 1.41. The Hall–Kier alpha value is -2.68. The Labute approximate surface area is 96.5 Å². The minimum Gasteiger partial charge on any atom is -0.381 e. The summed E-state index contributed by atoms with van der Waals surface area (Å²) < 4.78 is 13.7. The maximum absolute atomic E-state index is 13.7. The third kappa shape index (κ3) is 1.99. The van der Waals surface area contributed by atoms with Gasteiger partial charge in [-0.25, -0.2) is 9.37 Å². The van der Waals surface area contributed by atoms with E-state index in [0.29, 0.717) is 11.1 Å². The van der Waals surface area contributed by atoms with Gasteiger partial charge in [0.05, 0.1) is 11.6 Å². The van der Waals surface area contributed by atoms with Crippen LogP contribution in [0.2, 0.25) is 0 Å². The van der Waals surface area contributed by atoms with Crippen molar-refractivity contribution in [3.63, 3.8) is 0 Å². The Morgan fingerprint density at radius 3 is 2.71 bits per heavy atom. The molecule has 1 aromatic carbocycles. The average Bonchev–Trinajstić information content (AvgIpc) is 2.34. The topological polar surface area (TPSA) is 102 Å². The Balaban J connectivity index is 2.64. The molecular weight excluding hydrogens is 221 g/mol. The van der Waals surface area contributed by atoms with Gasteiger partial charge in [-0.2, -0.15) is 10.2 Å². The number of rotatable bonds is 1. The number of anilines is 2. The highest BCUT2D eigenvalue weighted by molar-refractivity contribution is 5.65. The molecule has 0 aliphatic heterocycles. The molecule has 1 heterocycles. The van der Waals surface area contributed by atoms with E-state index in [9.17, 15) is 4.39 Å². The zero-order valence-electron chi connectivity index (χ0n) is 8.68. The van der Waals surface area contributed by atoms with Gasteiger partial charge in [-0.1, -0.05) is 12.1 Å². The zero-order chi connectivity index (χ0) is 12.4. The van der Waals surface area contributed by atoms with Crippen LogP contribution in [-0.4, -0.2) is 9.97 Å². The van der Waals surface area contributed by atoms with Crippen LogP contribution in [0, 0.1) is 17.1 Å². The van der Waals surface area contributed by atoms with Gasteiger partial charge >= 0.3 is 0 Å². The number of hydrogen-bond acceptors (Lipinski definition) is 5. The summed E-state index contributed by atoms with van der Waals surface area (Å²) in [7, 11) is 0. The number of nitrogens with zero attached hydrogens (tertiary/aromatic N) is 3. The fourth-order valence-electron chi connectivity index (χ4n) is 1.41. The molecule has 0 saturated heterocycles. The molecule has 2 rings (SSSR count). The van der Waals surface area contributed by atoms with Crippen LogP contribution in [0.15, 0.2) is 24.3 Å². The molecule has 84 valence electrons. The van der Waals surface area contributed by atoms with Gasteiger partial charge < -0.3 is 11.5 Å². The van der Waals surface area contributed by atoms with Crippen molar-refractivity contribution in [1.82, 2.24) is 9.97 Å². The van der Waals surface area contributed by atoms with Crippen molar-refractivity contribution in [1.29, 1.82) is 5.26 Å². The molecule has 0 aliphatic rings. The molecule has 0 radical (unpaired) electrons. The molecule has 2 aromatic rings. The van der Waals surface area contributed by atoms with E-state index in [1.54, 1.807) is 18.2 Å². The molecule has 4 N–H and O–H groups in total. The van der Waals surface area contributed by atoms with E-state index < -0.39 is 5.82 Å². The average molecular weight is 229 g/mol.